The number of Topliss-reactive ketones (excluding diaryl/α,β-unsaturated/α-hetero) is 1. The molecule has 2 unspecified atom stereocenters. The summed E-state index contributed by atoms with van der Waals surface area (Å²) in [5, 5.41) is 1.23. The number of carbonyl (C=O) groups is 1. The zero-order valence-electron chi connectivity index (χ0n) is 11.0. The van der Waals surface area contributed by atoms with E-state index >= 15 is 0 Å². The fourth-order valence-corrected chi connectivity index (χ4v) is 4.24. The van der Waals surface area contributed by atoms with E-state index in [2.05, 4.69) is 12.1 Å². The molecule has 0 radical (unpaired) electrons. The summed E-state index contributed by atoms with van der Waals surface area (Å²) in [5.74, 6) is 0.345. The minimum atomic E-state index is 0.235. The number of benzene rings is 2. The van der Waals surface area contributed by atoms with E-state index in [-0.39, 0.29) is 10.5 Å². The largest absolute Gasteiger partial charge is 0.300 e. The van der Waals surface area contributed by atoms with E-state index in [1.165, 1.54) is 11.1 Å². The predicted octanol–water partition coefficient (Wildman–Crippen LogP) is 5.22. The third kappa shape index (κ3) is 3.08. The van der Waals surface area contributed by atoms with Gasteiger partial charge in [-0.1, -0.05) is 54.1 Å². The second kappa shape index (κ2) is 6.02. The first-order chi connectivity index (χ1) is 9.72. The smallest absolute Gasteiger partial charge is 0.135 e. The SMILES string of the molecule is O=C1CC(c2ccccc2)SC(c2ccc(Cl)cc2)C1. The first kappa shape index (κ1) is 13.7. The van der Waals surface area contributed by atoms with Gasteiger partial charge < -0.3 is 0 Å². The van der Waals surface area contributed by atoms with Crippen LogP contribution in [0.5, 0.6) is 0 Å². The van der Waals surface area contributed by atoms with Crippen molar-refractivity contribution in [2.24, 2.45) is 0 Å². The Morgan fingerprint density at radius 1 is 0.850 bits per heavy atom. The molecule has 20 heavy (non-hydrogen) atoms. The van der Waals surface area contributed by atoms with Crippen molar-refractivity contribution in [1.82, 2.24) is 0 Å². The summed E-state index contributed by atoms with van der Waals surface area (Å²) in [7, 11) is 0. The zero-order valence-corrected chi connectivity index (χ0v) is 12.5. The minimum absolute atomic E-state index is 0.235. The van der Waals surface area contributed by atoms with E-state index in [9.17, 15) is 4.79 Å². The van der Waals surface area contributed by atoms with Crippen LogP contribution in [0, 0.1) is 0 Å². The van der Waals surface area contributed by atoms with E-state index in [4.69, 9.17) is 11.6 Å². The molecule has 2 aromatic rings. The maximum atomic E-state index is 12.1. The number of thioether (sulfide) groups is 1. The van der Waals surface area contributed by atoms with Crippen LogP contribution in [0.2, 0.25) is 5.02 Å². The minimum Gasteiger partial charge on any atom is -0.300 e. The molecule has 102 valence electrons. The van der Waals surface area contributed by atoms with Crippen molar-refractivity contribution in [2.75, 3.05) is 0 Å². The Kier molecular flexibility index (Phi) is 4.13. The monoisotopic (exact) mass is 302 g/mol. The molecule has 1 saturated heterocycles. The van der Waals surface area contributed by atoms with Crippen LogP contribution >= 0.6 is 23.4 Å². The van der Waals surface area contributed by atoms with E-state index in [1.54, 1.807) is 0 Å². The first-order valence-corrected chi connectivity index (χ1v) is 8.02. The molecule has 1 aliphatic rings. The Bertz CT molecular complexity index is 594. The predicted molar refractivity (Wildman–Crippen MR) is 85.2 cm³/mol. The van der Waals surface area contributed by atoms with Gasteiger partial charge in [0.25, 0.3) is 0 Å². The van der Waals surface area contributed by atoms with Crippen LogP contribution in [0.25, 0.3) is 0 Å². The molecule has 3 rings (SSSR count). The highest BCUT2D eigenvalue weighted by molar-refractivity contribution is 7.99. The fraction of sp³-hybridized carbons (Fsp3) is 0.235. The lowest BCUT2D eigenvalue weighted by Gasteiger charge is -2.28. The lowest BCUT2D eigenvalue weighted by atomic mass is 10.0. The molecule has 0 spiro atoms. The quantitative estimate of drug-likeness (QED) is 0.756. The second-order valence-corrected chi connectivity index (χ2v) is 6.87. The molecular formula is C17H15ClOS. The topological polar surface area (TPSA) is 17.1 Å². The van der Waals surface area contributed by atoms with Crippen LogP contribution in [0.3, 0.4) is 0 Å². The van der Waals surface area contributed by atoms with Crippen LogP contribution < -0.4 is 0 Å². The van der Waals surface area contributed by atoms with Crippen molar-refractivity contribution in [1.29, 1.82) is 0 Å². The molecule has 0 aromatic heterocycles. The highest BCUT2D eigenvalue weighted by Gasteiger charge is 2.29. The lowest BCUT2D eigenvalue weighted by molar-refractivity contribution is -0.119. The van der Waals surface area contributed by atoms with Gasteiger partial charge >= 0.3 is 0 Å². The maximum absolute atomic E-state index is 12.1. The van der Waals surface area contributed by atoms with Gasteiger partial charge in [-0.05, 0) is 23.3 Å². The molecule has 0 amide bonds. The summed E-state index contributed by atoms with van der Waals surface area (Å²) in [6, 6.07) is 18.1. The van der Waals surface area contributed by atoms with Gasteiger partial charge in [-0.3, -0.25) is 4.79 Å². The van der Waals surface area contributed by atoms with E-state index in [1.807, 2.05) is 54.2 Å². The van der Waals surface area contributed by atoms with Gasteiger partial charge in [0.2, 0.25) is 0 Å². The van der Waals surface area contributed by atoms with Gasteiger partial charge in [-0.15, -0.1) is 11.8 Å². The summed E-state index contributed by atoms with van der Waals surface area (Å²) in [6.07, 6.45) is 1.26. The molecule has 1 heterocycles. The number of rotatable bonds is 2. The molecule has 0 saturated carbocycles. The molecule has 1 nitrogen and oxygen atoms in total. The summed E-state index contributed by atoms with van der Waals surface area (Å²) in [6.45, 7) is 0. The molecule has 1 fully saturated rings. The molecular weight excluding hydrogens is 288 g/mol. The number of hydrogen-bond acceptors (Lipinski definition) is 2. The van der Waals surface area contributed by atoms with Crippen molar-refractivity contribution < 1.29 is 4.79 Å². The third-order valence-electron chi connectivity index (χ3n) is 3.57. The Morgan fingerprint density at radius 3 is 2.00 bits per heavy atom. The van der Waals surface area contributed by atoms with Crippen LogP contribution in [0.1, 0.15) is 34.5 Å². The van der Waals surface area contributed by atoms with Crippen molar-refractivity contribution in [2.45, 2.75) is 23.3 Å². The Balaban J connectivity index is 1.83. The standard InChI is InChI=1S/C17H15ClOS/c18-14-8-6-13(7-9-14)17-11-15(19)10-16(20-17)12-4-2-1-3-5-12/h1-9,16-17H,10-11H2. The first-order valence-electron chi connectivity index (χ1n) is 6.70. The Hall–Kier alpha value is -1.25. The molecule has 0 bridgehead atoms. The van der Waals surface area contributed by atoms with Crippen molar-refractivity contribution >= 4 is 29.1 Å². The number of carbonyl (C=O) groups excluding carboxylic acids is 1. The maximum Gasteiger partial charge on any atom is 0.135 e. The van der Waals surface area contributed by atoms with Crippen molar-refractivity contribution in [3.8, 4) is 0 Å². The van der Waals surface area contributed by atoms with Gasteiger partial charge in [-0.2, -0.15) is 0 Å². The number of hydrogen-bond donors (Lipinski definition) is 0. The Morgan fingerprint density at radius 2 is 1.40 bits per heavy atom. The van der Waals surface area contributed by atoms with Crippen LogP contribution in [-0.2, 0) is 4.79 Å². The zero-order chi connectivity index (χ0) is 13.9. The van der Waals surface area contributed by atoms with Crippen LogP contribution in [0.4, 0.5) is 0 Å². The van der Waals surface area contributed by atoms with Crippen LogP contribution in [-0.4, -0.2) is 5.78 Å². The van der Waals surface area contributed by atoms with Crippen molar-refractivity contribution in [3.05, 3.63) is 70.7 Å². The molecule has 1 aliphatic heterocycles. The van der Waals surface area contributed by atoms with Gasteiger partial charge in [-0.25, -0.2) is 0 Å². The average molecular weight is 303 g/mol. The van der Waals surface area contributed by atoms with Gasteiger partial charge in [0.15, 0.2) is 0 Å². The Labute approximate surface area is 128 Å². The molecule has 2 atom stereocenters. The summed E-state index contributed by atoms with van der Waals surface area (Å²) < 4.78 is 0. The van der Waals surface area contributed by atoms with E-state index in [0.29, 0.717) is 18.6 Å². The van der Waals surface area contributed by atoms with Crippen LogP contribution in [0.15, 0.2) is 54.6 Å². The third-order valence-corrected chi connectivity index (χ3v) is 5.35. The molecule has 0 aliphatic carbocycles. The fourth-order valence-electron chi connectivity index (χ4n) is 2.53. The average Bonchev–Trinajstić information content (AvgIpc) is 2.48. The normalized spacial score (nSPS) is 22.8. The lowest BCUT2D eigenvalue weighted by Crippen LogP contribution is -2.15. The molecule has 3 heteroatoms. The highest BCUT2D eigenvalue weighted by atomic mass is 35.5. The number of ketones is 1. The van der Waals surface area contributed by atoms with E-state index < -0.39 is 0 Å². The molecule has 2 aromatic carbocycles. The number of halogens is 1. The molecule has 0 N–H and O–H groups in total. The summed E-state index contributed by atoms with van der Waals surface area (Å²) in [4.78, 5) is 12.1. The van der Waals surface area contributed by atoms with Gasteiger partial charge in [0.05, 0.1) is 0 Å². The highest BCUT2D eigenvalue weighted by Crippen LogP contribution is 2.48. The summed E-state index contributed by atoms with van der Waals surface area (Å²) >= 11 is 7.81. The summed E-state index contributed by atoms with van der Waals surface area (Å²) in [5.41, 5.74) is 2.43. The van der Waals surface area contributed by atoms with E-state index in [0.717, 1.165) is 5.02 Å². The van der Waals surface area contributed by atoms with Gasteiger partial charge in [0.1, 0.15) is 5.78 Å². The van der Waals surface area contributed by atoms with Gasteiger partial charge in [0, 0.05) is 28.4 Å². The second-order valence-electron chi connectivity index (χ2n) is 5.02. The van der Waals surface area contributed by atoms with Crippen molar-refractivity contribution in [3.63, 3.8) is 0 Å².